The summed E-state index contributed by atoms with van der Waals surface area (Å²) in [5.41, 5.74) is 0.431. The summed E-state index contributed by atoms with van der Waals surface area (Å²) in [4.78, 5) is 24.4. The van der Waals surface area contributed by atoms with E-state index >= 15 is 0 Å². The predicted molar refractivity (Wildman–Crippen MR) is 108 cm³/mol. The number of rotatable bonds is 9. The highest BCUT2D eigenvalue weighted by Gasteiger charge is 2.30. The molecule has 0 radical (unpaired) electrons. The summed E-state index contributed by atoms with van der Waals surface area (Å²) >= 11 is 10.6. The molecule has 0 aliphatic heterocycles. The lowest BCUT2D eigenvalue weighted by molar-refractivity contribution is -0.116. The van der Waals surface area contributed by atoms with Gasteiger partial charge in [0, 0.05) is 31.9 Å². The average Bonchev–Trinajstić information content (AvgIpc) is 3.43. The lowest BCUT2D eigenvalue weighted by Crippen LogP contribution is -2.39. The topological polar surface area (TPSA) is 83.5 Å². The van der Waals surface area contributed by atoms with Crippen molar-refractivity contribution in [3.8, 4) is 0 Å². The third kappa shape index (κ3) is 6.03. The Balaban J connectivity index is 1.94. The second-order valence-electron chi connectivity index (χ2n) is 6.28. The van der Waals surface area contributed by atoms with E-state index in [1.807, 2.05) is 0 Å². The van der Waals surface area contributed by atoms with Gasteiger partial charge in [0.15, 0.2) is 15.6 Å². The summed E-state index contributed by atoms with van der Waals surface area (Å²) in [6.45, 7) is 2.19. The van der Waals surface area contributed by atoms with E-state index in [9.17, 15) is 13.2 Å². The number of hydrogen-bond acceptors (Lipinski definition) is 7. The molecule has 142 valence electrons. The van der Waals surface area contributed by atoms with Crippen molar-refractivity contribution in [3.05, 3.63) is 24.3 Å². The number of hydrogen-bond donors (Lipinski definition) is 0. The van der Waals surface area contributed by atoms with E-state index in [1.54, 1.807) is 18.9 Å². The largest absolute Gasteiger partial charge is 0.362 e. The molecule has 10 heteroatoms. The van der Waals surface area contributed by atoms with Gasteiger partial charge in [0.25, 0.3) is 0 Å². The van der Waals surface area contributed by atoms with E-state index < -0.39 is 15.6 Å². The van der Waals surface area contributed by atoms with Crippen molar-refractivity contribution in [2.45, 2.75) is 19.8 Å². The van der Waals surface area contributed by atoms with Crippen molar-refractivity contribution in [1.82, 2.24) is 19.8 Å². The molecule has 1 fully saturated rings. The van der Waals surface area contributed by atoms with E-state index in [0.717, 1.165) is 17.8 Å². The molecule has 1 aliphatic rings. The Morgan fingerprint density at radius 2 is 2.00 bits per heavy atom. The van der Waals surface area contributed by atoms with Crippen LogP contribution in [0, 0.1) is 5.92 Å². The van der Waals surface area contributed by atoms with Gasteiger partial charge in [-0.2, -0.15) is 0 Å². The number of carbonyl (C=O) groups is 1. The first kappa shape index (κ1) is 20.8. The quantitative estimate of drug-likeness (QED) is 0.551. The second kappa shape index (κ2) is 8.92. The van der Waals surface area contributed by atoms with Gasteiger partial charge < -0.3 is 9.80 Å². The van der Waals surface area contributed by atoms with E-state index in [0.29, 0.717) is 23.1 Å². The Morgan fingerprint density at radius 3 is 2.54 bits per heavy atom. The molecule has 0 atom stereocenters. The fraction of sp³-hybridized carbons (Fsp3) is 0.562. The van der Waals surface area contributed by atoms with Crippen LogP contribution in [0.3, 0.4) is 0 Å². The zero-order chi connectivity index (χ0) is 19.3. The molecule has 0 unspecified atom stereocenters. The third-order valence-corrected chi connectivity index (χ3v) is 6.48. The van der Waals surface area contributed by atoms with Crippen molar-refractivity contribution in [1.29, 1.82) is 0 Å². The fourth-order valence-corrected chi connectivity index (χ4v) is 4.56. The van der Waals surface area contributed by atoms with E-state index in [-0.39, 0.29) is 18.2 Å². The molecule has 7 nitrogen and oxygen atoms in total. The van der Waals surface area contributed by atoms with Crippen LogP contribution in [0.15, 0.2) is 18.6 Å². The van der Waals surface area contributed by atoms with Gasteiger partial charge >= 0.3 is 0 Å². The van der Waals surface area contributed by atoms with Crippen LogP contribution in [0.1, 0.15) is 25.5 Å². The Hall–Kier alpha value is -1.52. The molecule has 0 saturated heterocycles. The van der Waals surface area contributed by atoms with Crippen LogP contribution >= 0.6 is 24.4 Å². The average molecular weight is 415 g/mol. The first-order valence-electron chi connectivity index (χ1n) is 8.26. The lowest BCUT2D eigenvalue weighted by Gasteiger charge is -2.23. The number of carbonyl (C=O) groups excluding carboxylic acids is 1. The minimum Gasteiger partial charge on any atom is -0.362 e. The Labute approximate surface area is 164 Å². The molecule has 1 heterocycles. The summed E-state index contributed by atoms with van der Waals surface area (Å²) in [7, 11) is -1.92. The lowest BCUT2D eigenvalue weighted by atomic mass is 10.3. The minimum absolute atomic E-state index is 0.00922. The van der Waals surface area contributed by atoms with E-state index in [1.165, 1.54) is 23.5 Å². The van der Waals surface area contributed by atoms with Crippen LogP contribution in [-0.2, 0) is 14.6 Å². The van der Waals surface area contributed by atoms with Crippen molar-refractivity contribution >= 4 is 50.0 Å². The number of nitrogens with zero attached hydrogens (tertiary/aromatic N) is 4. The minimum atomic E-state index is -3.65. The highest BCUT2D eigenvalue weighted by Crippen LogP contribution is 2.31. The number of thiocarbonyl (C=S) groups is 2. The highest BCUT2D eigenvalue weighted by molar-refractivity contribution is 7.92. The van der Waals surface area contributed by atoms with Crippen LogP contribution in [-0.4, -0.2) is 75.7 Å². The van der Waals surface area contributed by atoms with Crippen LogP contribution in [0.4, 0.5) is 0 Å². The molecule has 1 saturated carbocycles. The second-order valence-corrected chi connectivity index (χ2v) is 9.12. The SMILES string of the molecule is CCN(CS(=O)(=O)CC(=O)CN(C)C(=S)C1CC1)C(=S)c1cnccn1. The Morgan fingerprint density at radius 1 is 1.31 bits per heavy atom. The van der Waals surface area contributed by atoms with Crippen molar-refractivity contribution in [2.75, 3.05) is 31.8 Å². The summed E-state index contributed by atoms with van der Waals surface area (Å²) in [6.07, 6.45) is 6.57. The van der Waals surface area contributed by atoms with Crippen LogP contribution in [0.5, 0.6) is 0 Å². The molecule has 0 amide bonds. The number of sulfone groups is 1. The summed E-state index contributed by atoms with van der Waals surface area (Å²) < 4.78 is 24.9. The molecular formula is C16H22N4O3S3. The predicted octanol–water partition coefficient (Wildman–Crippen LogP) is 1.08. The Bertz CT molecular complexity index is 779. The fourth-order valence-electron chi connectivity index (χ4n) is 2.42. The zero-order valence-electron chi connectivity index (χ0n) is 14.8. The standard InChI is InChI=1S/C16H22N4O3S3/c1-3-20(16(25)14-8-17-6-7-18-14)11-26(22,23)10-13(21)9-19(2)15(24)12-4-5-12/h6-8,12H,3-5,9-11H2,1-2H3. The van der Waals surface area contributed by atoms with E-state index in [4.69, 9.17) is 24.4 Å². The van der Waals surface area contributed by atoms with Crippen molar-refractivity contribution in [3.63, 3.8) is 0 Å². The number of aromatic nitrogens is 2. The molecule has 1 aromatic rings. The van der Waals surface area contributed by atoms with Crippen molar-refractivity contribution < 1.29 is 13.2 Å². The molecule has 1 aromatic heterocycles. The maximum absolute atomic E-state index is 12.4. The molecule has 0 spiro atoms. The molecule has 1 aliphatic carbocycles. The zero-order valence-corrected chi connectivity index (χ0v) is 17.2. The first-order valence-corrected chi connectivity index (χ1v) is 10.9. The third-order valence-electron chi connectivity index (χ3n) is 3.90. The van der Waals surface area contributed by atoms with Crippen LogP contribution in [0.2, 0.25) is 0 Å². The van der Waals surface area contributed by atoms with Gasteiger partial charge in [-0.25, -0.2) is 8.42 Å². The highest BCUT2D eigenvalue weighted by atomic mass is 32.2. The van der Waals surface area contributed by atoms with Crippen molar-refractivity contribution in [2.24, 2.45) is 5.92 Å². The molecule has 0 aromatic carbocycles. The number of Topliss-reactive ketones (excluding diaryl/α,β-unsaturated/α-hetero) is 1. The maximum atomic E-state index is 12.4. The normalized spacial score (nSPS) is 13.9. The van der Waals surface area contributed by atoms with Gasteiger partial charge in [0.1, 0.15) is 22.3 Å². The number of likely N-dealkylation sites (N-methyl/N-ethyl adjacent to an activating group) is 1. The Kier molecular flexibility index (Phi) is 7.13. The molecular weight excluding hydrogens is 392 g/mol. The van der Waals surface area contributed by atoms with Gasteiger partial charge in [-0.1, -0.05) is 24.4 Å². The summed E-state index contributed by atoms with van der Waals surface area (Å²) in [5.74, 6) is -0.887. The molecule has 0 bridgehead atoms. The maximum Gasteiger partial charge on any atom is 0.175 e. The smallest absolute Gasteiger partial charge is 0.175 e. The van der Waals surface area contributed by atoms with Gasteiger partial charge in [-0.05, 0) is 19.8 Å². The first-order chi connectivity index (χ1) is 12.2. The molecule has 2 rings (SSSR count). The monoisotopic (exact) mass is 414 g/mol. The van der Waals surface area contributed by atoms with Gasteiger partial charge in [0.2, 0.25) is 0 Å². The van der Waals surface area contributed by atoms with Gasteiger partial charge in [-0.3, -0.25) is 14.8 Å². The van der Waals surface area contributed by atoms with Crippen LogP contribution < -0.4 is 0 Å². The number of ketones is 1. The molecule has 26 heavy (non-hydrogen) atoms. The molecule has 0 N–H and O–H groups in total. The van der Waals surface area contributed by atoms with Crippen LogP contribution in [0.25, 0.3) is 0 Å². The van der Waals surface area contributed by atoms with Gasteiger partial charge in [-0.15, -0.1) is 0 Å². The summed E-state index contributed by atoms with van der Waals surface area (Å²) in [5, 5.41) is 0. The summed E-state index contributed by atoms with van der Waals surface area (Å²) in [6, 6.07) is 0. The van der Waals surface area contributed by atoms with Gasteiger partial charge in [0.05, 0.1) is 17.7 Å². The van der Waals surface area contributed by atoms with E-state index in [2.05, 4.69) is 9.97 Å².